The summed E-state index contributed by atoms with van der Waals surface area (Å²) in [5, 5.41) is 11.4. The van der Waals surface area contributed by atoms with Crippen molar-refractivity contribution >= 4 is 22.5 Å². The molecule has 0 unspecified atom stereocenters. The summed E-state index contributed by atoms with van der Waals surface area (Å²) in [6.07, 6.45) is 1.56. The molecule has 2 rings (SSSR count). The molecule has 2 aromatic rings. The van der Waals surface area contributed by atoms with Crippen LogP contribution in [-0.2, 0) is 0 Å². The normalized spacial score (nSPS) is 10.3. The fourth-order valence-corrected chi connectivity index (χ4v) is 1.69. The van der Waals surface area contributed by atoms with E-state index >= 15 is 0 Å². The predicted octanol–water partition coefficient (Wildman–Crippen LogP) is 1.84. The highest BCUT2D eigenvalue weighted by Crippen LogP contribution is 2.24. The van der Waals surface area contributed by atoms with Crippen molar-refractivity contribution in [2.75, 3.05) is 14.1 Å². The molecule has 0 atom stereocenters. The monoisotopic (exact) mass is 245 g/mol. The van der Waals surface area contributed by atoms with Crippen LogP contribution >= 0.6 is 0 Å². The zero-order valence-electron chi connectivity index (χ0n) is 9.95. The molecule has 1 aromatic carbocycles. The summed E-state index contributed by atoms with van der Waals surface area (Å²) in [5.41, 5.74) is 0.604. The first kappa shape index (κ1) is 12.0. The molecule has 0 bridgehead atoms. The Bertz CT molecular complexity index is 638. The molecule has 0 aliphatic carbocycles. The van der Waals surface area contributed by atoms with Crippen molar-refractivity contribution < 1.29 is 9.72 Å². The summed E-state index contributed by atoms with van der Waals surface area (Å²) >= 11 is 0. The SMILES string of the molecule is CN(C)C(=O)c1cc([N+](=O)[O-])cc2cccnc12. The minimum absolute atomic E-state index is 0.110. The maximum absolute atomic E-state index is 12.0. The van der Waals surface area contributed by atoms with Gasteiger partial charge in [-0.2, -0.15) is 0 Å². The van der Waals surface area contributed by atoms with Gasteiger partial charge in [-0.1, -0.05) is 6.07 Å². The fourth-order valence-electron chi connectivity index (χ4n) is 1.69. The number of nitro groups is 1. The van der Waals surface area contributed by atoms with Crippen LogP contribution in [0.2, 0.25) is 0 Å². The second kappa shape index (κ2) is 4.40. The lowest BCUT2D eigenvalue weighted by molar-refractivity contribution is -0.384. The van der Waals surface area contributed by atoms with Crippen LogP contribution in [0, 0.1) is 10.1 Å². The fraction of sp³-hybridized carbons (Fsp3) is 0.167. The molecule has 1 amide bonds. The molecule has 18 heavy (non-hydrogen) atoms. The van der Waals surface area contributed by atoms with Crippen LogP contribution in [0.4, 0.5) is 5.69 Å². The van der Waals surface area contributed by atoms with E-state index < -0.39 is 4.92 Å². The van der Waals surface area contributed by atoms with E-state index in [1.165, 1.54) is 17.0 Å². The van der Waals surface area contributed by atoms with Crippen LogP contribution in [0.5, 0.6) is 0 Å². The molecule has 0 spiro atoms. The van der Waals surface area contributed by atoms with Crippen LogP contribution in [0.25, 0.3) is 10.9 Å². The lowest BCUT2D eigenvalue weighted by Gasteiger charge is -2.11. The number of carbonyl (C=O) groups excluding carboxylic acids is 1. The van der Waals surface area contributed by atoms with Gasteiger partial charge in [0.15, 0.2) is 0 Å². The molecule has 0 saturated carbocycles. The number of fused-ring (bicyclic) bond motifs is 1. The average Bonchev–Trinajstić information content (AvgIpc) is 2.36. The van der Waals surface area contributed by atoms with Gasteiger partial charge in [-0.25, -0.2) is 0 Å². The Balaban J connectivity index is 2.76. The number of hydrogen-bond acceptors (Lipinski definition) is 4. The summed E-state index contributed by atoms with van der Waals surface area (Å²) in [6, 6.07) is 6.05. The van der Waals surface area contributed by atoms with Gasteiger partial charge in [0, 0.05) is 37.8 Å². The van der Waals surface area contributed by atoms with Crippen LogP contribution < -0.4 is 0 Å². The molecule has 0 N–H and O–H groups in total. The molecule has 92 valence electrons. The average molecular weight is 245 g/mol. The molecule has 0 fully saturated rings. The van der Waals surface area contributed by atoms with Crippen molar-refractivity contribution in [3.63, 3.8) is 0 Å². The van der Waals surface area contributed by atoms with Crippen LogP contribution in [0.15, 0.2) is 30.5 Å². The summed E-state index contributed by atoms with van der Waals surface area (Å²) in [7, 11) is 3.19. The van der Waals surface area contributed by atoms with E-state index in [0.29, 0.717) is 10.9 Å². The first-order valence-corrected chi connectivity index (χ1v) is 5.25. The number of nitro benzene ring substituents is 1. The van der Waals surface area contributed by atoms with E-state index in [0.717, 1.165) is 0 Å². The Morgan fingerprint density at radius 2 is 2.11 bits per heavy atom. The lowest BCUT2D eigenvalue weighted by atomic mass is 10.1. The first-order valence-electron chi connectivity index (χ1n) is 5.25. The predicted molar refractivity (Wildman–Crippen MR) is 66.4 cm³/mol. The second-order valence-corrected chi connectivity index (χ2v) is 4.03. The molecule has 0 aliphatic rings. The van der Waals surface area contributed by atoms with E-state index in [2.05, 4.69) is 4.98 Å². The van der Waals surface area contributed by atoms with Crippen LogP contribution in [-0.4, -0.2) is 34.8 Å². The van der Waals surface area contributed by atoms with Gasteiger partial charge in [0.1, 0.15) is 0 Å². The molecule has 1 aromatic heterocycles. The van der Waals surface area contributed by atoms with E-state index in [1.54, 1.807) is 32.4 Å². The molecule has 6 nitrogen and oxygen atoms in total. The number of benzene rings is 1. The van der Waals surface area contributed by atoms with Gasteiger partial charge in [0.25, 0.3) is 11.6 Å². The molecule has 0 aliphatic heterocycles. The van der Waals surface area contributed by atoms with Crippen LogP contribution in [0.1, 0.15) is 10.4 Å². The van der Waals surface area contributed by atoms with Crippen molar-refractivity contribution in [3.05, 3.63) is 46.1 Å². The Labute approximate surface area is 103 Å². The molecule has 0 radical (unpaired) electrons. The number of amides is 1. The highest BCUT2D eigenvalue weighted by molar-refractivity contribution is 6.06. The van der Waals surface area contributed by atoms with Gasteiger partial charge >= 0.3 is 0 Å². The van der Waals surface area contributed by atoms with Crippen molar-refractivity contribution in [1.29, 1.82) is 0 Å². The van der Waals surface area contributed by atoms with Crippen molar-refractivity contribution in [2.24, 2.45) is 0 Å². The Morgan fingerprint density at radius 3 is 2.72 bits per heavy atom. The summed E-state index contributed by atoms with van der Waals surface area (Å²) in [4.78, 5) is 27.8. The number of rotatable bonds is 2. The number of aromatic nitrogens is 1. The lowest BCUT2D eigenvalue weighted by Crippen LogP contribution is -2.22. The minimum Gasteiger partial charge on any atom is -0.345 e. The third-order valence-corrected chi connectivity index (χ3v) is 2.54. The van der Waals surface area contributed by atoms with Gasteiger partial charge < -0.3 is 4.90 Å². The molecule has 0 saturated heterocycles. The van der Waals surface area contributed by atoms with Crippen molar-refractivity contribution in [1.82, 2.24) is 9.88 Å². The van der Waals surface area contributed by atoms with Crippen molar-refractivity contribution in [2.45, 2.75) is 0 Å². The quantitative estimate of drug-likeness (QED) is 0.597. The standard InChI is InChI=1S/C12H11N3O3/c1-14(2)12(16)10-7-9(15(17)18)6-8-4-3-5-13-11(8)10/h3-7H,1-2H3. The van der Waals surface area contributed by atoms with Gasteiger partial charge in [-0.05, 0) is 6.07 Å². The third-order valence-electron chi connectivity index (χ3n) is 2.54. The third kappa shape index (κ3) is 2.00. The number of pyridine rings is 1. The van der Waals surface area contributed by atoms with E-state index in [9.17, 15) is 14.9 Å². The molecule has 1 heterocycles. The maximum atomic E-state index is 12.0. The Hall–Kier alpha value is -2.50. The van der Waals surface area contributed by atoms with Crippen molar-refractivity contribution in [3.8, 4) is 0 Å². The minimum atomic E-state index is -0.515. The summed E-state index contributed by atoms with van der Waals surface area (Å²) in [6.45, 7) is 0. The number of nitrogens with zero attached hydrogens (tertiary/aromatic N) is 3. The largest absolute Gasteiger partial charge is 0.345 e. The van der Waals surface area contributed by atoms with Gasteiger partial charge in [0.05, 0.1) is 16.0 Å². The smallest absolute Gasteiger partial charge is 0.270 e. The van der Waals surface area contributed by atoms with Gasteiger partial charge in [0.2, 0.25) is 0 Å². The zero-order chi connectivity index (χ0) is 13.3. The van der Waals surface area contributed by atoms with E-state index in [1.807, 2.05) is 0 Å². The second-order valence-electron chi connectivity index (χ2n) is 4.03. The first-order chi connectivity index (χ1) is 8.50. The number of carbonyl (C=O) groups is 1. The molecular formula is C12H11N3O3. The van der Waals surface area contributed by atoms with E-state index in [-0.39, 0.29) is 17.2 Å². The zero-order valence-corrected chi connectivity index (χ0v) is 9.95. The van der Waals surface area contributed by atoms with Crippen LogP contribution in [0.3, 0.4) is 0 Å². The number of non-ortho nitro benzene ring substituents is 1. The van der Waals surface area contributed by atoms with E-state index in [4.69, 9.17) is 0 Å². The molecular weight excluding hydrogens is 234 g/mol. The van der Waals surface area contributed by atoms with Gasteiger partial charge in [-0.15, -0.1) is 0 Å². The number of hydrogen-bond donors (Lipinski definition) is 0. The highest BCUT2D eigenvalue weighted by Gasteiger charge is 2.18. The molecule has 6 heteroatoms. The Morgan fingerprint density at radius 1 is 1.39 bits per heavy atom. The summed E-state index contributed by atoms with van der Waals surface area (Å²) in [5.74, 6) is -0.303. The maximum Gasteiger partial charge on any atom is 0.270 e. The highest BCUT2D eigenvalue weighted by atomic mass is 16.6. The van der Waals surface area contributed by atoms with Gasteiger partial charge in [-0.3, -0.25) is 19.9 Å². The Kier molecular flexibility index (Phi) is 2.93. The topological polar surface area (TPSA) is 76.3 Å². The summed E-state index contributed by atoms with van der Waals surface area (Å²) < 4.78 is 0.